The molecule has 1 aromatic rings. The predicted molar refractivity (Wildman–Crippen MR) is 50.9 cm³/mol. The van der Waals surface area contributed by atoms with Gasteiger partial charge in [0.25, 0.3) is 0 Å². The zero-order valence-electron chi connectivity index (χ0n) is 7.53. The molecule has 1 atom stereocenters. The molecule has 0 saturated heterocycles. The largest absolute Gasteiger partial charge is 0.465 e. The molecule has 1 rings (SSSR count). The van der Waals surface area contributed by atoms with Crippen LogP contribution in [-0.4, -0.2) is 17.7 Å². The van der Waals surface area contributed by atoms with Crippen LogP contribution in [0.5, 0.6) is 0 Å². The minimum absolute atomic E-state index is 0.220. The normalized spacial score (nSPS) is 12.1. The standard InChI is InChI=1S/C10H13NO2/c1-8(7-11-10(12)13)9-5-3-2-4-6-9/h2-6,8,11H,7H2,1H3,(H,12,13)/t8-/m0/s1. The van der Waals surface area contributed by atoms with Crippen LogP contribution in [0.2, 0.25) is 0 Å². The predicted octanol–water partition coefficient (Wildman–Crippen LogP) is 2.06. The second kappa shape index (κ2) is 4.50. The molecule has 0 unspecified atom stereocenters. The zero-order valence-corrected chi connectivity index (χ0v) is 7.53. The third kappa shape index (κ3) is 3.15. The zero-order chi connectivity index (χ0) is 9.68. The Morgan fingerprint density at radius 2 is 2.08 bits per heavy atom. The lowest BCUT2D eigenvalue weighted by atomic mass is 10.0. The highest BCUT2D eigenvalue weighted by atomic mass is 16.4. The van der Waals surface area contributed by atoms with Gasteiger partial charge in [0, 0.05) is 6.54 Å². The average molecular weight is 179 g/mol. The first-order valence-electron chi connectivity index (χ1n) is 4.22. The van der Waals surface area contributed by atoms with E-state index in [1.54, 1.807) is 0 Å². The first-order valence-corrected chi connectivity index (χ1v) is 4.22. The molecule has 13 heavy (non-hydrogen) atoms. The first kappa shape index (κ1) is 9.58. The molecule has 1 amide bonds. The van der Waals surface area contributed by atoms with Gasteiger partial charge in [-0.3, -0.25) is 0 Å². The van der Waals surface area contributed by atoms with Gasteiger partial charge >= 0.3 is 6.09 Å². The molecule has 0 spiro atoms. The van der Waals surface area contributed by atoms with Crippen molar-refractivity contribution in [2.45, 2.75) is 12.8 Å². The molecule has 1 aromatic carbocycles. The van der Waals surface area contributed by atoms with Crippen LogP contribution in [0, 0.1) is 0 Å². The molecule has 0 aromatic heterocycles. The molecule has 0 fully saturated rings. The van der Waals surface area contributed by atoms with Crippen LogP contribution in [0.15, 0.2) is 30.3 Å². The fourth-order valence-corrected chi connectivity index (χ4v) is 1.14. The number of hydrogen-bond acceptors (Lipinski definition) is 1. The van der Waals surface area contributed by atoms with Crippen molar-refractivity contribution < 1.29 is 9.90 Å². The van der Waals surface area contributed by atoms with Crippen LogP contribution < -0.4 is 5.32 Å². The third-order valence-corrected chi connectivity index (χ3v) is 1.93. The van der Waals surface area contributed by atoms with Crippen LogP contribution in [0.1, 0.15) is 18.4 Å². The van der Waals surface area contributed by atoms with Gasteiger partial charge in [-0.1, -0.05) is 37.3 Å². The topological polar surface area (TPSA) is 49.3 Å². The van der Waals surface area contributed by atoms with Crippen molar-refractivity contribution in [3.05, 3.63) is 35.9 Å². The summed E-state index contributed by atoms with van der Waals surface area (Å²) in [5, 5.41) is 10.8. The number of benzene rings is 1. The fourth-order valence-electron chi connectivity index (χ4n) is 1.14. The minimum atomic E-state index is -0.970. The fraction of sp³-hybridized carbons (Fsp3) is 0.300. The van der Waals surface area contributed by atoms with Crippen molar-refractivity contribution in [2.24, 2.45) is 0 Å². The molecular formula is C10H13NO2. The van der Waals surface area contributed by atoms with Crippen molar-refractivity contribution in [1.29, 1.82) is 0 Å². The van der Waals surface area contributed by atoms with E-state index >= 15 is 0 Å². The van der Waals surface area contributed by atoms with E-state index in [0.717, 1.165) is 5.56 Å². The highest BCUT2D eigenvalue weighted by Crippen LogP contribution is 2.12. The van der Waals surface area contributed by atoms with E-state index in [1.165, 1.54) is 0 Å². The summed E-state index contributed by atoms with van der Waals surface area (Å²) in [7, 11) is 0. The van der Waals surface area contributed by atoms with E-state index < -0.39 is 6.09 Å². The van der Waals surface area contributed by atoms with Crippen LogP contribution in [-0.2, 0) is 0 Å². The summed E-state index contributed by atoms with van der Waals surface area (Å²) < 4.78 is 0. The number of rotatable bonds is 3. The lowest BCUT2D eigenvalue weighted by Gasteiger charge is -2.10. The molecule has 3 nitrogen and oxygen atoms in total. The van der Waals surface area contributed by atoms with Gasteiger partial charge in [-0.15, -0.1) is 0 Å². The molecule has 0 saturated carbocycles. The number of nitrogens with one attached hydrogen (secondary N) is 1. The van der Waals surface area contributed by atoms with Crippen LogP contribution in [0.4, 0.5) is 4.79 Å². The maximum Gasteiger partial charge on any atom is 0.404 e. The Bertz CT molecular complexity index is 272. The van der Waals surface area contributed by atoms with Crippen LogP contribution >= 0.6 is 0 Å². The van der Waals surface area contributed by atoms with E-state index in [4.69, 9.17) is 5.11 Å². The molecule has 0 bridgehead atoms. The van der Waals surface area contributed by atoms with Crippen molar-refractivity contribution in [1.82, 2.24) is 5.32 Å². The van der Waals surface area contributed by atoms with Gasteiger partial charge < -0.3 is 10.4 Å². The Balaban J connectivity index is 2.49. The summed E-state index contributed by atoms with van der Waals surface area (Å²) in [6, 6.07) is 9.84. The lowest BCUT2D eigenvalue weighted by Crippen LogP contribution is -2.25. The molecule has 0 aliphatic carbocycles. The molecule has 3 heteroatoms. The van der Waals surface area contributed by atoms with Gasteiger partial charge in [-0.05, 0) is 11.5 Å². The third-order valence-electron chi connectivity index (χ3n) is 1.93. The number of carbonyl (C=O) groups is 1. The maximum absolute atomic E-state index is 10.2. The Hall–Kier alpha value is -1.51. The van der Waals surface area contributed by atoms with E-state index in [-0.39, 0.29) is 5.92 Å². The van der Waals surface area contributed by atoms with Gasteiger partial charge in [0.05, 0.1) is 0 Å². The SMILES string of the molecule is C[C@@H](CNC(=O)O)c1ccccc1. The lowest BCUT2D eigenvalue weighted by molar-refractivity contribution is 0.194. The van der Waals surface area contributed by atoms with E-state index in [1.807, 2.05) is 37.3 Å². The Labute approximate surface area is 77.4 Å². The van der Waals surface area contributed by atoms with E-state index in [9.17, 15) is 4.79 Å². The molecule has 70 valence electrons. The van der Waals surface area contributed by atoms with Crippen molar-refractivity contribution >= 4 is 6.09 Å². The van der Waals surface area contributed by atoms with Gasteiger partial charge in [0.15, 0.2) is 0 Å². The van der Waals surface area contributed by atoms with Crippen LogP contribution in [0.25, 0.3) is 0 Å². The number of carboxylic acid groups (broad SMARTS) is 1. The molecule has 2 N–H and O–H groups in total. The Morgan fingerprint density at radius 3 is 2.62 bits per heavy atom. The molecular weight excluding hydrogens is 166 g/mol. The summed E-state index contributed by atoms with van der Waals surface area (Å²) in [6.07, 6.45) is -0.970. The number of hydrogen-bond donors (Lipinski definition) is 2. The van der Waals surface area contributed by atoms with E-state index in [2.05, 4.69) is 5.32 Å². The summed E-state index contributed by atoms with van der Waals surface area (Å²) >= 11 is 0. The van der Waals surface area contributed by atoms with Crippen molar-refractivity contribution in [3.8, 4) is 0 Å². The Kier molecular flexibility index (Phi) is 3.31. The molecule has 0 radical (unpaired) electrons. The monoisotopic (exact) mass is 179 g/mol. The average Bonchev–Trinajstić information content (AvgIpc) is 2.15. The summed E-state index contributed by atoms with van der Waals surface area (Å²) in [4.78, 5) is 10.2. The molecule has 0 heterocycles. The van der Waals surface area contributed by atoms with Crippen molar-refractivity contribution in [2.75, 3.05) is 6.54 Å². The van der Waals surface area contributed by atoms with Gasteiger partial charge in [0.2, 0.25) is 0 Å². The summed E-state index contributed by atoms with van der Waals surface area (Å²) in [5.41, 5.74) is 1.15. The molecule has 0 aliphatic heterocycles. The summed E-state index contributed by atoms with van der Waals surface area (Å²) in [5.74, 6) is 0.220. The number of amides is 1. The smallest absolute Gasteiger partial charge is 0.404 e. The van der Waals surface area contributed by atoms with Gasteiger partial charge in [-0.25, -0.2) is 4.79 Å². The highest BCUT2D eigenvalue weighted by Gasteiger charge is 2.05. The maximum atomic E-state index is 10.2. The highest BCUT2D eigenvalue weighted by molar-refractivity contribution is 5.64. The van der Waals surface area contributed by atoms with Crippen LogP contribution in [0.3, 0.4) is 0 Å². The molecule has 0 aliphatic rings. The quantitative estimate of drug-likeness (QED) is 0.746. The van der Waals surface area contributed by atoms with Gasteiger partial charge in [0.1, 0.15) is 0 Å². The second-order valence-corrected chi connectivity index (χ2v) is 3.00. The first-order chi connectivity index (χ1) is 6.20. The van der Waals surface area contributed by atoms with Crippen molar-refractivity contribution in [3.63, 3.8) is 0 Å². The second-order valence-electron chi connectivity index (χ2n) is 3.00. The van der Waals surface area contributed by atoms with E-state index in [0.29, 0.717) is 6.54 Å². The Morgan fingerprint density at radius 1 is 1.46 bits per heavy atom. The summed E-state index contributed by atoms with van der Waals surface area (Å²) in [6.45, 7) is 2.45. The minimum Gasteiger partial charge on any atom is -0.465 e. The van der Waals surface area contributed by atoms with Gasteiger partial charge in [-0.2, -0.15) is 0 Å².